The first-order valence-corrected chi connectivity index (χ1v) is 12.3. The van der Waals surface area contributed by atoms with Crippen molar-refractivity contribution in [2.24, 2.45) is 29.4 Å². The van der Waals surface area contributed by atoms with Gasteiger partial charge in [0.2, 0.25) is 5.91 Å². The molecule has 0 heterocycles. The van der Waals surface area contributed by atoms with Gasteiger partial charge in [-0.25, -0.2) is 4.39 Å². The Labute approximate surface area is 223 Å². The Kier molecular flexibility index (Phi) is 7.45. The van der Waals surface area contributed by atoms with Crippen molar-refractivity contribution < 1.29 is 47.7 Å². The second-order valence-corrected chi connectivity index (χ2v) is 10.3. The maximum absolute atomic E-state index is 15.0. The number of phenolic OH excluding ortho intramolecular Hbond substituents is 1. The van der Waals surface area contributed by atoms with Crippen molar-refractivity contribution in [3.63, 3.8) is 0 Å². The summed E-state index contributed by atoms with van der Waals surface area (Å²) in [5, 5.41) is 13.3. The number of hydrogen-bond acceptors (Lipinski definition) is 10. The normalized spacial score (nSPS) is 30.1. The summed E-state index contributed by atoms with van der Waals surface area (Å²) < 4.78 is 25.4. The van der Waals surface area contributed by atoms with Gasteiger partial charge in [0.05, 0.1) is 24.1 Å². The number of Topliss-reactive ketones (excluding diaryl/α,β-unsaturated/α-hetero) is 4. The quantitative estimate of drug-likeness (QED) is 0.284. The number of halogens is 1. The molecule has 210 valence electrons. The second kappa shape index (κ2) is 10.2. The van der Waals surface area contributed by atoms with Crippen LogP contribution in [0.15, 0.2) is 6.07 Å². The summed E-state index contributed by atoms with van der Waals surface area (Å²) in [5.74, 6) is -13.3. The largest absolute Gasteiger partial charge is 0.506 e. The number of ether oxygens (including phenoxy) is 2. The fourth-order valence-electron chi connectivity index (χ4n) is 6.53. The zero-order valence-corrected chi connectivity index (χ0v) is 21.9. The number of likely N-dealkylation sites (N-methyl/N-ethyl adjacent to an activating group) is 1. The summed E-state index contributed by atoms with van der Waals surface area (Å²) in [6, 6.07) is -0.134. The van der Waals surface area contributed by atoms with E-state index in [-0.39, 0.29) is 31.6 Å². The van der Waals surface area contributed by atoms with Crippen LogP contribution in [0.4, 0.5) is 4.39 Å². The topological polar surface area (TPSA) is 182 Å². The van der Waals surface area contributed by atoms with Crippen LogP contribution in [0.1, 0.15) is 32.7 Å². The third-order valence-corrected chi connectivity index (χ3v) is 8.11. The van der Waals surface area contributed by atoms with E-state index < -0.39 is 93.0 Å². The van der Waals surface area contributed by atoms with Crippen LogP contribution < -0.4 is 11.1 Å². The molecule has 2 saturated carbocycles. The van der Waals surface area contributed by atoms with Gasteiger partial charge in [0.15, 0.2) is 34.7 Å². The van der Waals surface area contributed by atoms with Gasteiger partial charge in [0.25, 0.3) is 5.91 Å². The number of rotatable bonds is 7. The highest BCUT2D eigenvalue weighted by Gasteiger charge is 2.70. The molecule has 0 aliphatic heterocycles. The number of amides is 2. The summed E-state index contributed by atoms with van der Waals surface area (Å²) in [7, 11) is 5.57. The molecular formula is C26H30FN3O9. The summed E-state index contributed by atoms with van der Waals surface area (Å²) in [6.07, 6.45) is -0.0749. The van der Waals surface area contributed by atoms with E-state index >= 15 is 4.39 Å². The number of carbonyl (C=O) groups is 6. The first-order valence-electron chi connectivity index (χ1n) is 12.3. The Hall–Kier alpha value is -3.55. The molecule has 3 aliphatic rings. The lowest BCUT2D eigenvalue weighted by atomic mass is 9.52. The molecule has 6 atom stereocenters. The number of carbonyl (C=O) groups excluding carboxylic acids is 6. The molecule has 0 radical (unpaired) electrons. The van der Waals surface area contributed by atoms with Crippen molar-refractivity contribution in [3.05, 3.63) is 28.6 Å². The first kappa shape index (κ1) is 28.5. The molecule has 0 bridgehead atoms. The number of methoxy groups -OCH3 is 2. The van der Waals surface area contributed by atoms with Crippen molar-refractivity contribution in [3.8, 4) is 5.75 Å². The SMILES string of the molecule is COCCNC(=O)c1c(F)cc2c(c1O)C(=O)C1C(=O)C3(OC)C(=O)C(C(N)=O)C(=O)C(N(C)C)C3CC1C2. The number of nitrogens with one attached hydrogen (secondary N) is 1. The molecule has 0 aromatic heterocycles. The van der Waals surface area contributed by atoms with Gasteiger partial charge < -0.3 is 25.6 Å². The van der Waals surface area contributed by atoms with E-state index in [1.807, 2.05) is 0 Å². The van der Waals surface area contributed by atoms with E-state index in [0.29, 0.717) is 0 Å². The van der Waals surface area contributed by atoms with Gasteiger partial charge in [-0.05, 0) is 44.5 Å². The van der Waals surface area contributed by atoms with Gasteiger partial charge >= 0.3 is 0 Å². The molecular weight excluding hydrogens is 517 g/mol. The molecule has 4 N–H and O–H groups in total. The summed E-state index contributed by atoms with van der Waals surface area (Å²) >= 11 is 0. The minimum atomic E-state index is -2.33. The van der Waals surface area contributed by atoms with Gasteiger partial charge in [-0.3, -0.25) is 33.7 Å². The van der Waals surface area contributed by atoms with Crippen LogP contribution in [-0.4, -0.2) is 98.1 Å². The molecule has 3 aliphatic carbocycles. The lowest BCUT2D eigenvalue weighted by Gasteiger charge is -2.54. The Morgan fingerprint density at radius 1 is 1.21 bits per heavy atom. The molecule has 1 aromatic carbocycles. The van der Waals surface area contributed by atoms with Gasteiger partial charge in [-0.15, -0.1) is 0 Å². The molecule has 39 heavy (non-hydrogen) atoms. The van der Waals surface area contributed by atoms with Crippen LogP contribution in [0.3, 0.4) is 0 Å². The van der Waals surface area contributed by atoms with E-state index in [0.717, 1.165) is 13.2 Å². The molecule has 4 rings (SSSR count). The predicted molar refractivity (Wildman–Crippen MR) is 130 cm³/mol. The van der Waals surface area contributed by atoms with Crippen LogP contribution in [0.5, 0.6) is 5.75 Å². The van der Waals surface area contributed by atoms with Gasteiger partial charge in [0, 0.05) is 26.7 Å². The fraction of sp³-hybridized carbons (Fsp3) is 0.538. The summed E-state index contributed by atoms with van der Waals surface area (Å²) in [5.41, 5.74) is 1.99. The molecule has 6 unspecified atom stereocenters. The Bertz CT molecular complexity index is 1300. The molecule has 0 spiro atoms. The van der Waals surface area contributed by atoms with Gasteiger partial charge in [-0.1, -0.05) is 0 Å². The highest BCUT2D eigenvalue weighted by molar-refractivity contribution is 6.32. The highest BCUT2D eigenvalue weighted by Crippen LogP contribution is 2.52. The molecule has 13 heteroatoms. The lowest BCUT2D eigenvalue weighted by molar-refractivity contribution is -0.186. The molecule has 2 fully saturated rings. The van der Waals surface area contributed by atoms with Crippen molar-refractivity contribution in [1.29, 1.82) is 0 Å². The van der Waals surface area contributed by atoms with Crippen LogP contribution in [-0.2, 0) is 35.1 Å². The number of nitrogens with two attached hydrogens (primary N) is 1. The predicted octanol–water partition coefficient (Wildman–Crippen LogP) is -0.964. The first-order chi connectivity index (χ1) is 18.3. The maximum Gasteiger partial charge on any atom is 0.258 e. The number of aromatic hydroxyl groups is 1. The summed E-state index contributed by atoms with van der Waals surface area (Å²) in [4.78, 5) is 80.9. The van der Waals surface area contributed by atoms with Crippen molar-refractivity contribution in [2.75, 3.05) is 41.5 Å². The molecule has 1 aromatic rings. The molecule has 2 amide bonds. The Balaban J connectivity index is 1.83. The van der Waals surface area contributed by atoms with Crippen LogP contribution in [0, 0.1) is 29.5 Å². The van der Waals surface area contributed by atoms with Crippen LogP contribution >= 0.6 is 0 Å². The van der Waals surface area contributed by atoms with Gasteiger partial charge in [-0.2, -0.15) is 0 Å². The number of nitrogens with zero attached hydrogens (tertiary/aromatic N) is 1. The molecule has 0 saturated heterocycles. The monoisotopic (exact) mass is 547 g/mol. The molecule has 12 nitrogen and oxygen atoms in total. The van der Waals surface area contributed by atoms with Crippen molar-refractivity contribution >= 4 is 34.9 Å². The van der Waals surface area contributed by atoms with E-state index in [2.05, 4.69) is 5.32 Å². The zero-order valence-electron chi connectivity index (χ0n) is 21.9. The van der Waals surface area contributed by atoms with E-state index in [1.165, 1.54) is 12.0 Å². The Morgan fingerprint density at radius 2 is 1.87 bits per heavy atom. The van der Waals surface area contributed by atoms with Crippen LogP contribution in [0.2, 0.25) is 0 Å². The fourth-order valence-corrected chi connectivity index (χ4v) is 6.53. The average Bonchev–Trinajstić information content (AvgIpc) is 2.83. The number of hydrogen-bond donors (Lipinski definition) is 3. The zero-order chi connectivity index (χ0) is 29.0. The van der Waals surface area contributed by atoms with Crippen LogP contribution in [0.25, 0.3) is 0 Å². The number of ketones is 4. The minimum absolute atomic E-state index is 0.00901. The average molecular weight is 548 g/mol. The lowest BCUT2D eigenvalue weighted by Crippen LogP contribution is -2.74. The van der Waals surface area contributed by atoms with E-state index in [1.54, 1.807) is 14.1 Å². The van der Waals surface area contributed by atoms with Gasteiger partial charge in [0.1, 0.15) is 17.1 Å². The summed E-state index contributed by atoms with van der Waals surface area (Å²) in [6.45, 7) is 0.127. The van der Waals surface area contributed by atoms with Crippen molar-refractivity contribution in [2.45, 2.75) is 24.5 Å². The Morgan fingerprint density at radius 3 is 2.44 bits per heavy atom. The number of fused-ring (bicyclic) bond motifs is 3. The number of benzene rings is 1. The minimum Gasteiger partial charge on any atom is -0.506 e. The third kappa shape index (κ3) is 4.07. The van der Waals surface area contributed by atoms with E-state index in [4.69, 9.17) is 15.2 Å². The number of primary amides is 1. The maximum atomic E-state index is 15.0. The highest BCUT2D eigenvalue weighted by atomic mass is 19.1. The second-order valence-electron chi connectivity index (χ2n) is 10.3. The standard InChI is InChI=1S/C26H30FN3O9/c1-30(2)18-12-8-10-7-11-9-13(27)16(25(37)29-5-6-38-3)20(32)14(11)19(31)15(10)22(34)26(12,39-4)23(35)17(21(18)33)24(28)36/h9-10,12,15,17-18,32H,5-8H2,1-4H3,(H2,28,36)(H,29,37). The third-order valence-electron chi connectivity index (χ3n) is 8.11. The van der Waals surface area contributed by atoms with Crippen molar-refractivity contribution in [1.82, 2.24) is 10.2 Å². The smallest absolute Gasteiger partial charge is 0.258 e. The van der Waals surface area contributed by atoms with E-state index in [9.17, 15) is 33.9 Å². The number of phenols is 1.